The molecule has 1 atom stereocenters. The Kier molecular flexibility index (Phi) is 4.49. The molecule has 20 heavy (non-hydrogen) atoms. The fourth-order valence-corrected chi connectivity index (χ4v) is 3.57. The Balaban J connectivity index is 1.81. The van der Waals surface area contributed by atoms with Crippen molar-refractivity contribution in [2.24, 2.45) is 0 Å². The van der Waals surface area contributed by atoms with Crippen LogP contribution in [-0.4, -0.2) is 37.2 Å². The zero-order valence-corrected chi connectivity index (χ0v) is 12.9. The van der Waals surface area contributed by atoms with Crippen molar-refractivity contribution in [1.29, 1.82) is 0 Å². The van der Waals surface area contributed by atoms with Gasteiger partial charge >= 0.3 is 0 Å². The Bertz CT molecular complexity index is 472. The van der Waals surface area contributed by atoms with Crippen molar-refractivity contribution >= 4 is 11.6 Å². The summed E-state index contributed by atoms with van der Waals surface area (Å²) in [6.07, 6.45) is 3.41. The largest absolute Gasteiger partial charge is 0.493 e. The summed E-state index contributed by atoms with van der Waals surface area (Å²) in [6, 6.07) is 4.77. The van der Waals surface area contributed by atoms with Gasteiger partial charge in [0.05, 0.1) is 6.61 Å². The molecule has 0 amide bonds. The molecule has 110 valence electrons. The summed E-state index contributed by atoms with van der Waals surface area (Å²) in [7, 11) is 0. The van der Waals surface area contributed by atoms with Gasteiger partial charge in [-0.25, -0.2) is 0 Å². The first-order valence-corrected chi connectivity index (χ1v) is 8.04. The maximum Gasteiger partial charge on any atom is 0.127 e. The Morgan fingerprint density at radius 3 is 3.10 bits per heavy atom. The van der Waals surface area contributed by atoms with Gasteiger partial charge in [0.2, 0.25) is 0 Å². The molecule has 1 N–H and O–H groups in total. The molecule has 2 aliphatic rings. The Morgan fingerprint density at radius 1 is 1.45 bits per heavy atom. The molecule has 3 nitrogen and oxygen atoms in total. The molecule has 1 aromatic rings. The molecular formula is C16H23ClN2O. The average molecular weight is 295 g/mol. The van der Waals surface area contributed by atoms with Gasteiger partial charge in [0.25, 0.3) is 0 Å². The molecule has 0 saturated carbocycles. The standard InChI is InChI=1S/C16H23ClN2O/c1-2-6-19(15-3-5-18-10-15)11-13-9-14(17)8-12-4-7-20-16(12)13/h8-9,15,18H,2-7,10-11H2,1H3. The molecule has 1 unspecified atom stereocenters. The van der Waals surface area contributed by atoms with E-state index in [1.165, 1.54) is 24.0 Å². The van der Waals surface area contributed by atoms with Crippen LogP contribution in [0.1, 0.15) is 30.9 Å². The molecular weight excluding hydrogens is 272 g/mol. The zero-order chi connectivity index (χ0) is 13.9. The van der Waals surface area contributed by atoms with Gasteiger partial charge in [-0.1, -0.05) is 18.5 Å². The highest BCUT2D eigenvalue weighted by molar-refractivity contribution is 6.30. The lowest BCUT2D eigenvalue weighted by molar-refractivity contribution is 0.197. The highest BCUT2D eigenvalue weighted by Crippen LogP contribution is 2.34. The molecule has 0 aliphatic carbocycles. The van der Waals surface area contributed by atoms with Crippen LogP contribution < -0.4 is 10.1 Å². The minimum atomic E-state index is 0.644. The number of nitrogens with zero attached hydrogens (tertiary/aromatic N) is 1. The van der Waals surface area contributed by atoms with Crippen LogP contribution in [0.5, 0.6) is 5.75 Å². The molecule has 0 spiro atoms. The van der Waals surface area contributed by atoms with E-state index in [0.717, 1.165) is 50.0 Å². The molecule has 1 fully saturated rings. The van der Waals surface area contributed by atoms with Crippen molar-refractivity contribution in [2.75, 3.05) is 26.2 Å². The van der Waals surface area contributed by atoms with Crippen LogP contribution in [0.3, 0.4) is 0 Å². The van der Waals surface area contributed by atoms with E-state index in [4.69, 9.17) is 16.3 Å². The second-order valence-corrected chi connectivity index (χ2v) is 6.21. The van der Waals surface area contributed by atoms with Gasteiger partial charge in [0, 0.05) is 36.1 Å². The summed E-state index contributed by atoms with van der Waals surface area (Å²) in [6.45, 7) is 7.35. The van der Waals surface area contributed by atoms with E-state index in [2.05, 4.69) is 29.3 Å². The van der Waals surface area contributed by atoms with E-state index in [-0.39, 0.29) is 0 Å². The van der Waals surface area contributed by atoms with Gasteiger partial charge in [-0.3, -0.25) is 4.90 Å². The quantitative estimate of drug-likeness (QED) is 0.904. The van der Waals surface area contributed by atoms with Crippen LogP contribution >= 0.6 is 11.6 Å². The van der Waals surface area contributed by atoms with Crippen LogP contribution in [0.4, 0.5) is 0 Å². The number of fused-ring (bicyclic) bond motifs is 1. The third-order valence-corrected chi connectivity index (χ3v) is 4.48. The molecule has 4 heteroatoms. The maximum absolute atomic E-state index is 6.26. The summed E-state index contributed by atoms with van der Waals surface area (Å²) in [5, 5.41) is 4.30. The molecule has 0 bridgehead atoms. The van der Waals surface area contributed by atoms with Crippen molar-refractivity contribution in [3.05, 3.63) is 28.3 Å². The van der Waals surface area contributed by atoms with Crippen LogP contribution in [0.2, 0.25) is 5.02 Å². The number of nitrogens with one attached hydrogen (secondary N) is 1. The minimum absolute atomic E-state index is 0.644. The molecule has 1 saturated heterocycles. The number of ether oxygens (including phenoxy) is 1. The highest BCUT2D eigenvalue weighted by atomic mass is 35.5. The second-order valence-electron chi connectivity index (χ2n) is 5.77. The molecule has 0 radical (unpaired) electrons. The minimum Gasteiger partial charge on any atom is -0.493 e. The van der Waals surface area contributed by atoms with Gasteiger partial charge < -0.3 is 10.1 Å². The monoisotopic (exact) mass is 294 g/mol. The normalized spacial score (nSPS) is 21.2. The first kappa shape index (κ1) is 14.2. The Morgan fingerprint density at radius 2 is 2.35 bits per heavy atom. The van der Waals surface area contributed by atoms with Crippen LogP contribution in [0, 0.1) is 0 Å². The summed E-state index contributed by atoms with van der Waals surface area (Å²) in [5.41, 5.74) is 2.53. The van der Waals surface area contributed by atoms with Crippen molar-refractivity contribution < 1.29 is 4.74 Å². The summed E-state index contributed by atoms with van der Waals surface area (Å²) < 4.78 is 5.83. The lowest BCUT2D eigenvalue weighted by Gasteiger charge is -2.28. The predicted molar refractivity (Wildman–Crippen MR) is 82.6 cm³/mol. The third-order valence-electron chi connectivity index (χ3n) is 4.26. The van der Waals surface area contributed by atoms with Crippen LogP contribution in [0.15, 0.2) is 12.1 Å². The molecule has 2 aliphatic heterocycles. The van der Waals surface area contributed by atoms with Gasteiger partial charge in [-0.2, -0.15) is 0 Å². The van der Waals surface area contributed by atoms with E-state index >= 15 is 0 Å². The third kappa shape index (κ3) is 2.95. The Hall–Kier alpha value is -0.770. The van der Waals surface area contributed by atoms with Crippen molar-refractivity contribution in [2.45, 2.75) is 38.8 Å². The van der Waals surface area contributed by atoms with Crippen LogP contribution in [0.25, 0.3) is 0 Å². The van der Waals surface area contributed by atoms with E-state index in [1.807, 2.05) is 0 Å². The van der Waals surface area contributed by atoms with Crippen molar-refractivity contribution in [3.63, 3.8) is 0 Å². The molecule has 2 heterocycles. The van der Waals surface area contributed by atoms with E-state index in [1.54, 1.807) is 0 Å². The number of benzene rings is 1. The number of rotatable bonds is 5. The van der Waals surface area contributed by atoms with Crippen molar-refractivity contribution in [1.82, 2.24) is 10.2 Å². The molecule has 1 aromatic carbocycles. The van der Waals surface area contributed by atoms with Gasteiger partial charge in [0.15, 0.2) is 0 Å². The van der Waals surface area contributed by atoms with Gasteiger partial charge in [0.1, 0.15) is 5.75 Å². The lowest BCUT2D eigenvalue weighted by Crippen LogP contribution is -2.37. The number of hydrogen-bond acceptors (Lipinski definition) is 3. The summed E-state index contributed by atoms with van der Waals surface area (Å²) >= 11 is 6.26. The van der Waals surface area contributed by atoms with Gasteiger partial charge in [-0.15, -0.1) is 0 Å². The summed E-state index contributed by atoms with van der Waals surface area (Å²) in [5.74, 6) is 1.08. The highest BCUT2D eigenvalue weighted by Gasteiger charge is 2.24. The lowest BCUT2D eigenvalue weighted by atomic mass is 10.1. The number of halogens is 1. The van der Waals surface area contributed by atoms with E-state index < -0.39 is 0 Å². The fraction of sp³-hybridized carbons (Fsp3) is 0.625. The van der Waals surface area contributed by atoms with Crippen LogP contribution in [-0.2, 0) is 13.0 Å². The summed E-state index contributed by atoms with van der Waals surface area (Å²) in [4.78, 5) is 2.58. The van der Waals surface area contributed by atoms with E-state index in [9.17, 15) is 0 Å². The van der Waals surface area contributed by atoms with Gasteiger partial charge in [-0.05, 0) is 43.6 Å². The zero-order valence-electron chi connectivity index (χ0n) is 12.1. The van der Waals surface area contributed by atoms with Crippen molar-refractivity contribution in [3.8, 4) is 5.75 Å². The topological polar surface area (TPSA) is 24.5 Å². The maximum atomic E-state index is 6.26. The van der Waals surface area contributed by atoms with E-state index in [0.29, 0.717) is 6.04 Å². The smallest absolute Gasteiger partial charge is 0.127 e. The second kappa shape index (κ2) is 6.33. The molecule has 0 aromatic heterocycles. The number of hydrogen-bond donors (Lipinski definition) is 1. The molecule has 3 rings (SSSR count). The predicted octanol–water partition coefficient (Wildman–Crippen LogP) is 2.85. The Labute approximate surface area is 126 Å². The first-order chi connectivity index (χ1) is 9.78. The fourth-order valence-electron chi connectivity index (χ4n) is 3.31. The average Bonchev–Trinajstić information content (AvgIpc) is 3.08. The SMILES string of the molecule is CCCN(Cc1cc(Cl)cc2c1OCC2)C1CCNC1. The first-order valence-electron chi connectivity index (χ1n) is 7.66.